The Labute approximate surface area is 143 Å². The first-order valence-electron chi connectivity index (χ1n) is 6.84. The predicted octanol–water partition coefficient (Wildman–Crippen LogP) is 3.23. The number of hydrogen-bond donors (Lipinski definition) is 1. The van der Waals surface area contributed by atoms with E-state index in [9.17, 15) is 9.59 Å². The molecule has 3 rings (SSSR count). The fourth-order valence-electron chi connectivity index (χ4n) is 2.02. The number of thiocarbonyl (C=S) groups is 1. The molecule has 2 aromatic carbocycles. The third-order valence-corrected chi connectivity index (χ3v) is 4.44. The average molecular weight is 340 g/mol. The molecule has 0 aliphatic carbocycles. The summed E-state index contributed by atoms with van der Waals surface area (Å²) in [6.45, 7) is 0. The van der Waals surface area contributed by atoms with E-state index in [2.05, 4.69) is 5.43 Å². The lowest BCUT2D eigenvalue weighted by Crippen LogP contribution is -2.44. The lowest BCUT2D eigenvalue weighted by Gasteiger charge is -2.15. The standard InChI is InChI=1S/C17H12N2O2S2/c20-15(13-9-5-2-6-10-13)18-19-16(21)14(23-17(19)22)11-12-7-3-1-4-8-12/h1-11H,(H,18,20). The fraction of sp³-hybridized carbons (Fsp3) is 0. The van der Waals surface area contributed by atoms with Gasteiger partial charge in [0.2, 0.25) is 0 Å². The van der Waals surface area contributed by atoms with Gasteiger partial charge in [0.25, 0.3) is 11.8 Å². The van der Waals surface area contributed by atoms with Gasteiger partial charge in [-0.15, -0.1) is 0 Å². The van der Waals surface area contributed by atoms with Crippen molar-refractivity contribution in [1.29, 1.82) is 0 Å². The number of carbonyl (C=O) groups is 2. The van der Waals surface area contributed by atoms with E-state index in [1.165, 1.54) is 11.8 Å². The van der Waals surface area contributed by atoms with Crippen molar-refractivity contribution in [1.82, 2.24) is 10.4 Å². The largest absolute Gasteiger partial charge is 0.285 e. The van der Waals surface area contributed by atoms with Crippen molar-refractivity contribution in [3.05, 3.63) is 76.7 Å². The summed E-state index contributed by atoms with van der Waals surface area (Å²) < 4.78 is 0.307. The Kier molecular flexibility index (Phi) is 4.55. The Morgan fingerprint density at radius 2 is 1.65 bits per heavy atom. The molecule has 4 nitrogen and oxygen atoms in total. The Bertz CT molecular complexity index is 789. The number of rotatable bonds is 3. The van der Waals surface area contributed by atoms with Gasteiger partial charge in [0.05, 0.1) is 4.91 Å². The van der Waals surface area contributed by atoms with Crippen LogP contribution in [0, 0.1) is 0 Å². The van der Waals surface area contributed by atoms with E-state index in [1.54, 1.807) is 30.3 Å². The second-order valence-electron chi connectivity index (χ2n) is 4.73. The van der Waals surface area contributed by atoms with Crippen LogP contribution in [-0.4, -0.2) is 21.1 Å². The maximum absolute atomic E-state index is 12.4. The summed E-state index contributed by atoms with van der Waals surface area (Å²) in [7, 11) is 0. The summed E-state index contributed by atoms with van der Waals surface area (Å²) >= 11 is 6.36. The van der Waals surface area contributed by atoms with Gasteiger partial charge in [-0.2, -0.15) is 5.01 Å². The monoisotopic (exact) mass is 340 g/mol. The molecule has 0 unspecified atom stereocenters. The van der Waals surface area contributed by atoms with Gasteiger partial charge in [-0.05, 0) is 36.0 Å². The number of nitrogens with zero attached hydrogens (tertiary/aromatic N) is 1. The lowest BCUT2D eigenvalue weighted by atomic mass is 10.2. The second-order valence-corrected chi connectivity index (χ2v) is 6.41. The normalized spacial score (nSPS) is 16.0. The molecule has 1 aliphatic rings. The highest BCUT2D eigenvalue weighted by Crippen LogP contribution is 2.31. The van der Waals surface area contributed by atoms with E-state index in [1.807, 2.05) is 36.4 Å². The average Bonchev–Trinajstić information content (AvgIpc) is 2.84. The Balaban J connectivity index is 1.77. The van der Waals surface area contributed by atoms with Crippen LogP contribution < -0.4 is 5.43 Å². The first-order valence-corrected chi connectivity index (χ1v) is 8.06. The summed E-state index contributed by atoms with van der Waals surface area (Å²) in [5.74, 6) is -0.698. The molecule has 6 heteroatoms. The van der Waals surface area contributed by atoms with E-state index < -0.39 is 0 Å². The minimum atomic E-state index is -0.372. The molecule has 2 amide bonds. The molecule has 1 heterocycles. The second kappa shape index (κ2) is 6.76. The van der Waals surface area contributed by atoms with E-state index in [4.69, 9.17) is 12.2 Å². The zero-order chi connectivity index (χ0) is 16.2. The first kappa shape index (κ1) is 15.5. The molecule has 2 aromatic rings. The number of hydrazine groups is 1. The van der Waals surface area contributed by atoms with Crippen molar-refractivity contribution in [2.75, 3.05) is 0 Å². The van der Waals surface area contributed by atoms with Crippen molar-refractivity contribution < 1.29 is 9.59 Å². The van der Waals surface area contributed by atoms with Gasteiger partial charge in [0, 0.05) is 5.56 Å². The highest BCUT2D eigenvalue weighted by Gasteiger charge is 2.33. The molecular formula is C17H12N2O2S2. The third kappa shape index (κ3) is 3.49. The van der Waals surface area contributed by atoms with E-state index >= 15 is 0 Å². The number of thioether (sulfide) groups is 1. The van der Waals surface area contributed by atoms with Crippen LogP contribution in [-0.2, 0) is 4.79 Å². The molecular weight excluding hydrogens is 328 g/mol. The number of nitrogens with one attached hydrogen (secondary N) is 1. The number of amides is 2. The first-order chi connectivity index (χ1) is 11.1. The molecule has 1 N–H and O–H groups in total. The van der Waals surface area contributed by atoms with Gasteiger partial charge >= 0.3 is 0 Å². The van der Waals surface area contributed by atoms with Gasteiger partial charge in [0.15, 0.2) is 4.32 Å². The lowest BCUT2D eigenvalue weighted by molar-refractivity contribution is -0.123. The SMILES string of the molecule is O=C(NN1C(=O)C(=Cc2ccccc2)SC1=S)c1ccccc1. The summed E-state index contributed by atoms with van der Waals surface area (Å²) in [5, 5.41) is 1.12. The van der Waals surface area contributed by atoms with Crippen molar-refractivity contribution in [2.45, 2.75) is 0 Å². The molecule has 1 fully saturated rings. The quantitative estimate of drug-likeness (QED) is 0.688. The van der Waals surface area contributed by atoms with Crippen LogP contribution in [0.15, 0.2) is 65.6 Å². The highest BCUT2D eigenvalue weighted by molar-refractivity contribution is 8.26. The van der Waals surface area contributed by atoms with Gasteiger partial charge in [-0.1, -0.05) is 60.3 Å². The van der Waals surface area contributed by atoms with Crippen LogP contribution in [0.5, 0.6) is 0 Å². The molecule has 1 saturated heterocycles. The molecule has 0 saturated carbocycles. The Hall–Kier alpha value is -2.44. The van der Waals surface area contributed by atoms with Crippen molar-refractivity contribution >= 4 is 46.2 Å². The van der Waals surface area contributed by atoms with Gasteiger partial charge in [-0.25, -0.2) is 0 Å². The van der Waals surface area contributed by atoms with Crippen molar-refractivity contribution in [3.8, 4) is 0 Å². The summed E-state index contributed by atoms with van der Waals surface area (Å²) in [4.78, 5) is 25.1. The van der Waals surface area contributed by atoms with Gasteiger partial charge < -0.3 is 0 Å². The molecule has 114 valence electrons. The molecule has 0 aromatic heterocycles. The Morgan fingerprint density at radius 3 is 2.30 bits per heavy atom. The maximum atomic E-state index is 12.4. The molecule has 23 heavy (non-hydrogen) atoms. The molecule has 0 radical (unpaired) electrons. The smallest absolute Gasteiger partial charge is 0.267 e. The highest BCUT2D eigenvalue weighted by atomic mass is 32.2. The molecule has 0 atom stereocenters. The van der Waals surface area contributed by atoms with Crippen LogP contribution in [0.3, 0.4) is 0 Å². The van der Waals surface area contributed by atoms with Crippen LogP contribution >= 0.6 is 24.0 Å². The number of benzene rings is 2. The van der Waals surface area contributed by atoms with Crippen molar-refractivity contribution in [3.63, 3.8) is 0 Å². The number of hydrogen-bond acceptors (Lipinski definition) is 4. The molecule has 0 bridgehead atoms. The van der Waals surface area contributed by atoms with E-state index in [0.29, 0.717) is 14.8 Å². The van der Waals surface area contributed by atoms with E-state index in [-0.39, 0.29) is 11.8 Å². The predicted molar refractivity (Wildman–Crippen MR) is 95.4 cm³/mol. The summed E-state index contributed by atoms with van der Waals surface area (Å²) in [6.07, 6.45) is 1.76. The maximum Gasteiger partial charge on any atom is 0.285 e. The van der Waals surface area contributed by atoms with Crippen LogP contribution in [0.1, 0.15) is 15.9 Å². The summed E-state index contributed by atoms with van der Waals surface area (Å²) in [5.41, 5.74) is 3.92. The third-order valence-electron chi connectivity index (χ3n) is 3.14. The minimum Gasteiger partial charge on any atom is -0.267 e. The Morgan fingerprint density at radius 1 is 1.04 bits per heavy atom. The fourth-order valence-corrected chi connectivity index (χ4v) is 3.20. The minimum absolute atomic E-state index is 0.307. The van der Waals surface area contributed by atoms with Crippen LogP contribution in [0.25, 0.3) is 6.08 Å². The van der Waals surface area contributed by atoms with Crippen LogP contribution in [0.2, 0.25) is 0 Å². The zero-order valence-corrected chi connectivity index (χ0v) is 13.6. The van der Waals surface area contributed by atoms with Crippen LogP contribution in [0.4, 0.5) is 0 Å². The zero-order valence-electron chi connectivity index (χ0n) is 11.9. The molecule has 1 aliphatic heterocycles. The van der Waals surface area contributed by atoms with E-state index in [0.717, 1.165) is 10.6 Å². The number of carbonyl (C=O) groups excluding carboxylic acids is 2. The summed E-state index contributed by atoms with van der Waals surface area (Å²) in [6, 6.07) is 18.2. The topological polar surface area (TPSA) is 49.4 Å². The van der Waals surface area contributed by atoms with Gasteiger partial charge in [0.1, 0.15) is 0 Å². The molecule has 0 spiro atoms. The van der Waals surface area contributed by atoms with Gasteiger partial charge in [-0.3, -0.25) is 15.0 Å². The van der Waals surface area contributed by atoms with Crippen molar-refractivity contribution in [2.24, 2.45) is 0 Å².